The second kappa shape index (κ2) is 6.51. The van der Waals surface area contributed by atoms with Gasteiger partial charge in [-0.05, 0) is 24.6 Å². The molecule has 0 fully saturated rings. The van der Waals surface area contributed by atoms with Crippen LogP contribution in [0.3, 0.4) is 0 Å². The van der Waals surface area contributed by atoms with E-state index in [1.807, 2.05) is 14.1 Å². The number of hydrogen-bond donors (Lipinski definition) is 1. The summed E-state index contributed by atoms with van der Waals surface area (Å²) < 4.78 is 5.17. The van der Waals surface area contributed by atoms with Crippen LogP contribution in [0.2, 0.25) is 0 Å². The second-order valence-electron chi connectivity index (χ2n) is 4.24. The van der Waals surface area contributed by atoms with Crippen molar-refractivity contribution in [3.63, 3.8) is 0 Å². The van der Waals surface area contributed by atoms with E-state index in [4.69, 9.17) is 4.74 Å². The summed E-state index contributed by atoms with van der Waals surface area (Å²) in [7, 11) is 5.83. The molecule has 3 heteroatoms. The van der Waals surface area contributed by atoms with Crippen molar-refractivity contribution in [1.29, 1.82) is 0 Å². The molecule has 0 saturated carbocycles. The van der Waals surface area contributed by atoms with Crippen molar-refractivity contribution in [3.05, 3.63) is 29.8 Å². The van der Waals surface area contributed by atoms with Gasteiger partial charge in [-0.2, -0.15) is 0 Å². The van der Waals surface area contributed by atoms with E-state index in [2.05, 4.69) is 41.4 Å². The lowest BCUT2D eigenvalue weighted by Gasteiger charge is -2.13. The van der Waals surface area contributed by atoms with Gasteiger partial charge in [0.1, 0.15) is 0 Å². The summed E-state index contributed by atoms with van der Waals surface area (Å²) >= 11 is 0. The highest BCUT2D eigenvalue weighted by atomic mass is 16.5. The summed E-state index contributed by atoms with van der Waals surface area (Å²) in [6.07, 6.45) is 0.265. The number of rotatable bonds is 6. The Hall–Kier alpha value is -1.06. The molecule has 90 valence electrons. The second-order valence-corrected chi connectivity index (χ2v) is 4.24. The van der Waals surface area contributed by atoms with Crippen LogP contribution in [-0.4, -0.2) is 33.9 Å². The first-order chi connectivity index (χ1) is 7.63. The van der Waals surface area contributed by atoms with Crippen molar-refractivity contribution in [2.45, 2.75) is 19.6 Å². The molecule has 0 aromatic heterocycles. The van der Waals surface area contributed by atoms with Crippen LogP contribution in [0, 0.1) is 0 Å². The highest BCUT2D eigenvalue weighted by molar-refractivity contribution is 5.45. The van der Waals surface area contributed by atoms with E-state index in [1.54, 1.807) is 7.11 Å². The van der Waals surface area contributed by atoms with E-state index in [-0.39, 0.29) is 6.10 Å². The molecule has 16 heavy (non-hydrogen) atoms. The minimum atomic E-state index is 0.265. The average Bonchev–Trinajstić information content (AvgIpc) is 2.29. The Kier molecular flexibility index (Phi) is 5.29. The van der Waals surface area contributed by atoms with Gasteiger partial charge in [-0.15, -0.1) is 0 Å². The third-order valence-electron chi connectivity index (χ3n) is 2.62. The molecular weight excluding hydrogens is 200 g/mol. The third-order valence-corrected chi connectivity index (χ3v) is 2.62. The van der Waals surface area contributed by atoms with Gasteiger partial charge in [-0.25, -0.2) is 0 Å². The van der Waals surface area contributed by atoms with Crippen LogP contribution in [0.4, 0.5) is 5.69 Å². The van der Waals surface area contributed by atoms with Gasteiger partial charge in [0.2, 0.25) is 0 Å². The maximum absolute atomic E-state index is 5.17. The van der Waals surface area contributed by atoms with E-state index < -0.39 is 0 Å². The zero-order valence-electron chi connectivity index (χ0n) is 10.7. The maximum Gasteiger partial charge on any atom is 0.0667 e. The van der Waals surface area contributed by atoms with Crippen molar-refractivity contribution < 1.29 is 4.74 Å². The van der Waals surface area contributed by atoms with Gasteiger partial charge in [-0.1, -0.05) is 12.1 Å². The first-order valence-corrected chi connectivity index (χ1v) is 5.63. The number of nitrogens with zero attached hydrogens (tertiary/aromatic N) is 1. The summed E-state index contributed by atoms with van der Waals surface area (Å²) in [6, 6.07) is 8.58. The molecule has 0 saturated heterocycles. The molecule has 1 aromatic carbocycles. The monoisotopic (exact) mass is 222 g/mol. The summed E-state index contributed by atoms with van der Waals surface area (Å²) in [6.45, 7) is 3.83. The Morgan fingerprint density at radius 1 is 1.25 bits per heavy atom. The Labute approximate surface area is 98.4 Å². The van der Waals surface area contributed by atoms with Crippen molar-refractivity contribution in [1.82, 2.24) is 5.32 Å². The van der Waals surface area contributed by atoms with E-state index in [0.717, 1.165) is 13.1 Å². The predicted molar refractivity (Wildman–Crippen MR) is 68.9 cm³/mol. The SMILES string of the molecule is COC(C)CNCc1ccc(N(C)C)cc1. The molecule has 0 amide bonds. The molecule has 1 unspecified atom stereocenters. The predicted octanol–water partition coefficient (Wildman–Crippen LogP) is 1.88. The number of benzene rings is 1. The smallest absolute Gasteiger partial charge is 0.0667 e. The molecule has 3 nitrogen and oxygen atoms in total. The summed E-state index contributed by atoms with van der Waals surface area (Å²) in [5.74, 6) is 0. The van der Waals surface area contributed by atoms with Gasteiger partial charge >= 0.3 is 0 Å². The maximum atomic E-state index is 5.17. The third kappa shape index (κ3) is 4.21. The fourth-order valence-electron chi connectivity index (χ4n) is 1.42. The lowest BCUT2D eigenvalue weighted by molar-refractivity contribution is 0.117. The molecule has 0 heterocycles. The van der Waals surface area contributed by atoms with E-state index in [9.17, 15) is 0 Å². The van der Waals surface area contributed by atoms with Crippen LogP contribution in [-0.2, 0) is 11.3 Å². The lowest BCUT2D eigenvalue weighted by atomic mass is 10.2. The highest BCUT2D eigenvalue weighted by Gasteiger charge is 1.99. The van der Waals surface area contributed by atoms with Crippen molar-refractivity contribution in [2.24, 2.45) is 0 Å². The molecule has 0 aliphatic carbocycles. The first kappa shape index (κ1) is 13.0. The molecule has 1 N–H and O–H groups in total. The summed E-state index contributed by atoms with van der Waals surface area (Å²) in [4.78, 5) is 2.10. The fraction of sp³-hybridized carbons (Fsp3) is 0.538. The molecule has 0 bridgehead atoms. The zero-order valence-corrected chi connectivity index (χ0v) is 10.7. The average molecular weight is 222 g/mol. The van der Waals surface area contributed by atoms with Crippen molar-refractivity contribution >= 4 is 5.69 Å². The van der Waals surface area contributed by atoms with Gasteiger partial charge in [0.25, 0.3) is 0 Å². The van der Waals surface area contributed by atoms with Crippen molar-refractivity contribution in [3.8, 4) is 0 Å². The summed E-state index contributed by atoms with van der Waals surface area (Å²) in [5.41, 5.74) is 2.53. The molecule has 0 aliphatic heterocycles. The largest absolute Gasteiger partial charge is 0.380 e. The van der Waals surface area contributed by atoms with Crippen LogP contribution in [0.5, 0.6) is 0 Å². The Morgan fingerprint density at radius 2 is 1.88 bits per heavy atom. The minimum Gasteiger partial charge on any atom is -0.380 e. The molecule has 1 aromatic rings. The Balaban J connectivity index is 2.38. The standard InChI is InChI=1S/C13H22N2O/c1-11(16-4)9-14-10-12-5-7-13(8-6-12)15(2)3/h5-8,11,14H,9-10H2,1-4H3. The molecule has 0 radical (unpaired) electrons. The first-order valence-electron chi connectivity index (χ1n) is 5.63. The van der Waals surface area contributed by atoms with Gasteiger partial charge in [0.05, 0.1) is 6.10 Å². The molecule has 0 spiro atoms. The summed E-state index contributed by atoms with van der Waals surface area (Å²) in [5, 5.41) is 3.36. The van der Waals surface area contributed by atoms with Crippen LogP contribution >= 0.6 is 0 Å². The topological polar surface area (TPSA) is 24.5 Å². The van der Waals surface area contributed by atoms with E-state index >= 15 is 0 Å². The lowest BCUT2D eigenvalue weighted by Crippen LogP contribution is -2.25. The molecule has 1 atom stereocenters. The Bertz CT molecular complexity index is 295. The molecule has 0 aliphatic rings. The van der Waals surface area contributed by atoms with Crippen LogP contribution < -0.4 is 10.2 Å². The molecular formula is C13H22N2O. The fourth-order valence-corrected chi connectivity index (χ4v) is 1.42. The normalized spacial score (nSPS) is 12.5. The van der Waals surface area contributed by atoms with Gasteiger partial charge in [0.15, 0.2) is 0 Å². The number of nitrogens with one attached hydrogen (secondary N) is 1. The zero-order chi connectivity index (χ0) is 12.0. The van der Waals surface area contributed by atoms with Crippen LogP contribution in [0.1, 0.15) is 12.5 Å². The van der Waals surface area contributed by atoms with Gasteiger partial charge < -0.3 is 15.0 Å². The van der Waals surface area contributed by atoms with E-state index in [0.29, 0.717) is 0 Å². The van der Waals surface area contributed by atoms with E-state index in [1.165, 1.54) is 11.3 Å². The number of anilines is 1. The highest BCUT2D eigenvalue weighted by Crippen LogP contribution is 2.11. The minimum absolute atomic E-state index is 0.265. The van der Waals surface area contributed by atoms with Crippen LogP contribution in [0.15, 0.2) is 24.3 Å². The van der Waals surface area contributed by atoms with Gasteiger partial charge in [0, 0.05) is 40.0 Å². The number of ether oxygens (including phenoxy) is 1. The van der Waals surface area contributed by atoms with Crippen molar-refractivity contribution in [2.75, 3.05) is 32.6 Å². The van der Waals surface area contributed by atoms with Gasteiger partial charge in [-0.3, -0.25) is 0 Å². The van der Waals surface area contributed by atoms with Crippen LogP contribution in [0.25, 0.3) is 0 Å². The Morgan fingerprint density at radius 3 is 2.38 bits per heavy atom. The molecule has 1 rings (SSSR count). The number of hydrogen-bond acceptors (Lipinski definition) is 3. The quantitative estimate of drug-likeness (QED) is 0.795. The number of methoxy groups -OCH3 is 1.